The molecule has 1 atom stereocenters. The van der Waals surface area contributed by atoms with Gasteiger partial charge in [-0.25, -0.2) is 0 Å². The van der Waals surface area contributed by atoms with Crippen LogP contribution in [-0.2, 0) is 18.4 Å². The molecular formula is C17H17ClN4OS2. The minimum Gasteiger partial charge on any atom is -0.350 e. The highest BCUT2D eigenvalue weighted by Gasteiger charge is 2.19. The molecule has 1 N–H and O–H groups in total. The molecule has 0 aliphatic rings. The number of nitrogens with zero attached hydrogens (tertiary/aromatic N) is 3. The second kappa shape index (κ2) is 8.03. The largest absolute Gasteiger partial charge is 0.350 e. The number of thioether (sulfide) groups is 1. The number of rotatable bonds is 6. The Morgan fingerprint density at radius 2 is 2.08 bits per heavy atom. The number of amides is 1. The summed E-state index contributed by atoms with van der Waals surface area (Å²) in [5.41, 5.74) is 0.932. The van der Waals surface area contributed by atoms with E-state index in [1.165, 1.54) is 11.8 Å². The van der Waals surface area contributed by atoms with E-state index >= 15 is 0 Å². The maximum Gasteiger partial charge on any atom is 0.233 e. The summed E-state index contributed by atoms with van der Waals surface area (Å²) in [5, 5.41) is 14.5. The average Bonchev–Trinajstić information content (AvgIpc) is 3.24. The number of thiophene rings is 1. The summed E-state index contributed by atoms with van der Waals surface area (Å²) in [7, 11) is 1.89. The van der Waals surface area contributed by atoms with Crippen molar-refractivity contribution < 1.29 is 4.79 Å². The minimum atomic E-state index is -0.263. The Labute approximate surface area is 159 Å². The van der Waals surface area contributed by atoms with Gasteiger partial charge in [-0.2, -0.15) is 0 Å². The van der Waals surface area contributed by atoms with Crippen molar-refractivity contribution in [2.45, 2.75) is 23.9 Å². The van der Waals surface area contributed by atoms with Gasteiger partial charge in [0.15, 0.2) is 11.0 Å². The molecule has 0 bridgehead atoms. The van der Waals surface area contributed by atoms with E-state index in [0.717, 1.165) is 16.3 Å². The Bertz CT molecular complexity index is 846. The monoisotopic (exact) mass is 392 g/mol. The number of carbonyl (C=O) groups excluding carboxylic acids is 1. The van der Waals surface area contributed by atoms with Gasteiger partial charge in [0.1, 0.15) is 0 Å². The Kier molecular flexibility index (Phi) is 5.78. The maximum atomic E-state index is 12.3. The molecule has 2 aromatic heterocycles. The van der Waals surface area contributed by atoms with Crippen LogP contribution in [0.3, 0.4) is 0 Å². The lowest BCUT2D eigenvalue weighted by molar-refractivity contribution is -0.120. The first kappa shape index (κ1) is 18.0. The van der Waals surface area contributed by atoms with Gasteiger partial charge in [0.05, 0.1) is 11.8 Å². The van der Waals surface area contributed by atoms with Crippen molar-refractivity contribution >= 4 is 40.6 Å². The third kappa shape index (κ3) is 4.42. The predicted octanol–water partition coefficient (Wildman–Crippen LogP) is 3.99. The molecule has 0 spiro atoms. The van der Waals surface area contributed by atoms with Gasteiger partial charge in [0.25, 0.3) is 0 Å². The van der Waals surface area contributed by atoms with Crippen LogP contribution in [0.15, 0.2) is 46.9 Å². The maximum absolute atomic E-state index is 12.3. The molecule has 8 heteroatoms. The summed E-state index contributed by atoms with van der Waals surface area (Å²) in [6.45, 7) is 2.42. The molecule has 0 aliphatic heterocycles. The fraction of sp³-hybridized carbons (Fsp3) is 0.235. The van der Waals surface area contributed by atoms with Gasteiger partial charge >= 0.3 is 0 Å². The predicted molar refractivity (Wildman–Crippen MR) is 103 cm³/mol. The Morgan fingerprint density at radius 3 is 2.76 bits per heavy atom. The second-order valence-electron chi connectivity index (χ2n) is 5.43. The number of nitrogens with one attached hydrogen (secondary N) is 1. The summed E-state index contributed by atoms with van der Waals surface area (Å²) in [4.78, 5) is 13.4. The third-order valence-electron chi connectivity index (χ3n) is 3.61. The van der Waals surface area contributed by atoms with Crippen LogP contribution in [-0.4, -0.2) is 25.9 Å². The number of hydrogen-bond donors (Lipinski definition) is 1. The van der Waals surface area contributed by atoms with Crippen molar-refractivity contribution in [3.05, 3.63) is 51.7 Å². The first-order valence-electron chi connectivity index (χ1n) is 7.66. The lowest BCUT2D eigenvalue weighted by atomic mass is 10.2. The zero-order chi connectivity index (χ0) is 17.8. The molecular weight excluding hydrogens is 376 g/mol. The van der Waals surface area contributed by atoms with Gasteiger partial charge in [0, 0.05) is 22.5 Å². The van der Waals surface area contributed by atoms with Crippen molar-refractivity contribution in [1.82, 2.24) is 20.1 Å². The molecule has 3 aromatic rings. The zero-order valence-electron chi connectivity index (χ0n) is 13.8. The highest BCUT2D eigenvalue weighted by molar-refractivity contribution is 8.00. The minimum absolute atomic E-state index is 0.0190. The fourth-order valence-electron chi connectivity index (χ4n) is 2.21. The Balaban J connectivity index is 1.64. The molecule has 2 heterocycles. The van der Waals surface area contributed by atoms with E-state index < -0.39 is 0 Å². The molecule has 5 nitrogen and oxygen atoms in total. The lowest BCUT2D eigenvalue weighted by Gasteiger charge is -2.11. The third-order valence-corrected chi connectivity index (χ3v) is 5.87. The molecule has 130 valence electrons. The molecule has 0 aliphatic carbocycles. The van der Waals surface area contributed by atoms with E-state index in [-0.39, 0.29) is 11.2 Å². The van der Waals surface area contributed by atoms with E-state index in [4.69, 9.17) is 11.6 Å². The number of aromatic nitrogens is 3. The standard InChI is InChI=1S/C17H17ClN4OS2/c1-11(16(23)19-10-14-4-3-9-24-14)25-17-21-20-15(22(17)2)12-5-7-13(18)8-6-12/h3-9,11H,10H2,1-2H3,(H,19,23)/t11-/m0/s1. The van der Waals surface area contributed by atoms with E-state index in [9.17, 15) is 4.79 Å². The summed E-state index contributed by atoms with van der Waals surface area (Å²) in [5.74, 6) is 0.722. The van der Waals surface area contributed by atoms with E-state index in [1.807, 2.05) is 60.3 Å². The lowest BCUT2D eigenvalue weighted by Crippen LogP contribution is -2.30. The van der Waals surface area contributed by atoms with Crippen LogP contribution < -0.4 is 5.32 Å². The molecule has 0 saturated carbocycles. The molecule has 25 heavy (non-hydrogen) atoms. The van der Waals surface area contributed by atoms with Crippen molar-refractivity contribution in [2.75, 3.05) is 0 Å². The smallest absolute Gasteiger partial charge is 0.233 e. The number of halogens is 1. The van der Waals surface area contributed by atoms with E-state index in [1.54, 1.807) is 11.3 Å². The Hall–Kier alpha value is -1.83. The van der Waals surface area contributed by atoms with Gasteiger partial charge in [-0.1, -0.05) is 29.4 Å². The number of carbonyl (C=O) groups is 1. The first-order chi connectivity index (χ1) is 12.0. The molecule has 0 fully saturated rings. The molecule has 0 radical (unpaired) electrons. The summed E-state index contributed by atoms with van der Waals surface area (Å²) < 4.78 is 1.89. The molecule has 0 unspecified atom stereocenters. The second-order valence-corrected chi connectivity index (χ2v) is 8.21. The normalized spacial score (nSPS) is 12.1. The van der Waals surface area contributed by atoms with Crippen molar-refractivity contribution in [3.63, 3.8) is 0 Å². The van der Waals surface area contributed by atoms with Crippen LogP contribution in [0.4, 0.5) is 0 Å². The topological polar surface area (TPSA) is 59.8 Å². The van der Waals surface area contributed by atoms with Crippen LogP contribution in [0.25, 0.3) is 11.4 Å². The molecule has 1 amide bonds. The quantitative estimate of drug-likeness (QED) is 0.644. The van der Waals surface area contributed by atoms with Crippen LogP contribution in [0.1, 0.15) is 11.8 Å². The summed E-state index contributed by atoms with van der Waals surface area (Å²) in [6, 6.07) is 11.4. The zero-order valence-corrected chi connectivity index (χ0v) is 16.2. The first-order valence-corrected chi connectivity index (χ1v) is 9.80. The highest BCUT2D eigenvalue weighted by Crippen LogP contribution is 2.26. The summed E-state index contributed by atoms with van der Waals surface area (Å²) >= 11 is 8.94. The fourth-order valence-corrected chi connectivity index (χ4v) is 3.82. The van der Waals surface area contributed by atoms with Crippen molar-refractivity contribution in [3.8, 4) is 11.4 Å². The van der Waals surface area contributed by atoms with E-state index in [2.05, 4.69) is 15.5 Å². The summed E-state index contributed by atoms with van der Waals surface area (Å²) in [6.07, 6.45) is 0. The van der Waals surface area contributed by atoms with Crippen molar-refractivity contribution in [2.24, 2.45) is 7.05 Å². The van der Waals surface area contributed by atoms with Crippen LogP contribution in [0.2, 0.25) is 5.02 Å². The van der Waals surface area contributed by atoms with Crippen molar-refractivity contribution in [1.29, 1.82) is 0 Å². The SMILES string of the molecule is C[C@H](Sc1nnc(-c2ccc(Cl)cc2)n1C)C(=O)NCc1cccs1. The van der Waals surface area contributed by atoms with Gasteiger partial charge in [-0.3, -0.25) is 4.79 Å². The average molecular weight is 393 g/mol. The number of benzene rings is 1. The number of hydrogen-bond acceptors (Lipinski definition) is 5. The molecule has 0 saturated heterocycles. The molecule has 3 rings (SSSR count). The van der Waals surface area contributed by atoms with Gasteiger partial charge in [-0.15, -0.1) is 21.5 Å². The van der Waals surface area contributed by atoms with Gasteiger partial charge < -0.3 is 9.88 Å². The van der Waals surface area contributed by atoms with Crippen LogP contribution >= 0.6 is 34.7 Å². The highest BCUT2D eigenvalue weighted by atomic mass is 35.5. The van der Waals surface area contributed by atoms with E-state index in [0.29, 0.717) is 16.7 Å². The van der Waals surface area contributed by atoms with Crippen LogP contribution in [0.5, 0.6) is 0 Å². The van der Waals surface area contributed by atoms with Gasteiger partial charge in [0.2, 0.25) is 5.91 Å². The Morgan fingerprint density at radius 1 is 1.32 bits per heavy atom. The molecule has 1 aromatic carbocycles. The van der Waals surface area contributed by atoms with Gasteiger partial charge in [-0.05, 0) is 42.6 Å². The van der Waals surface area contributed by atoms with Crippen LogP contribution in [0, 0.1) is 0 Å².